The van der Waals surface area contributed by atoms with E-state index in [9.17, 15) is 4.79 Å². The Morgan fingerprint density at radius 3 is 3.00 bits per heavy atom. The summed E-state index contributed by atoms with van der Waals surface area (Å²) in [4.78, 5) is 10.7. The lowest BCUT2D eigenvalue weighted by molar-refractivity contribution is 0.200. The zero-order valence-corrected chi connectivity index (χ0v) is 10.2. The average molecular weight is 259 g/mol. The van der Waals surface area contributed by atoms with E-state index in [2.05, 4.69) is 5.10 Å². The second-order valence-electron chi connectivity index (χ2n) is 4.35. The summed E-state index contributed by atoms with van der Waals surface area (Å²) in [6.07, 6.45) is 1.33. The van der Waals surface area contributed by atoms with Gasteiger partial charge in [0, 0.05) is 6.42 Å². The van der Waals surface area contributed by atoms with E-state index in [1.54, 1.807) is 4.68 Å². The van der Waals surface area contributed by atoms with Gasteiger partial charge < -0.3 is 15.2 Å². The van der Waals surface area contributed by atoms with Crippen LogP contribution in [0, 0.1) is 0 Å². The molecule has 1 atom stereocenters. The highest BCUT2D eigenvalue weighted by Crippen LogP contribution is 2.33. The van der Waals surface area contributed by atoms with Gasteiger partial charge in [0.1, 0.15) is 6.10 Å². The molecule has 2 aromatic rings. The van der Waals surface area contributed by atoms with Crippen molar-refractivity contribution in [3.05, 3.63) is 42.1 Å². The Morgan fingerprint density at radius 1 is 1.47 bits per heavy atom. The van der Waals surface area contributed by atoms with Crippen molar-refractivity contribution in [2.24, 2.45) is 5.73 Å². The Bertz CT molecular complexity index is 594. The van der Waals surface area contributed by atoms with Gasteiger partial charge in [-0.25, -0.2) is 9.48 Å². The maximum absolute atomic E-state index is 10.7. The topological polar surface area (TPSA) is 79.4 Å². The molecule has 19 heavy (non-hydrogen) atoms. The highest BCUT2D eigenvalue weighted by atomic mass is 16.6. The number of carbonyl (C=O) groups is 1. The number of nitrogens with zero attached hydrogens (tertiary/aromatic N) is 2. The van der Waals surface area contributed by atoms with E-state index in [1.807, 2.05) is 30.3 Å². The van der Waals surface area contributed by atoms with E-state index in [0.29, 0.717) is 12.4 Å². The van der Waals surface area contributed by atoms with Gasteiger partial charge in [-0.1, -0.05) is 30.3 Å². The molecule has 1 aliphatic heterocycles. The highest BCUT2D eigenvalue weighted by molar-refractivity contribution is 5.68. The molecule has 1 aliphatic rings. The second kappa shape index (κ2) is 4.64. The van der Waals surface area contributed by atoms with Crippen LogP contribution in [0.2, 0.25) is 0 Å². The van der Waals surface area contributed by atoms with Gasteiger partial charge in [-0.2, -0.15) is 5.10 Å². The molecular formula is C13H13N3O3. The third kappa shape index (κ3) is 2.37. The number of fused-ring (bicyclic) bond motifs is 1. The van der Waals surface area contributed by atoms with E-state index in [0.717, 1.165) is 6.42 Å². The fourth-order valence-electron chi connectivity index (χ4n) is 2.16. The van der Waals surface area contributed by atoms with Crippen molar-refractivity contribution >= 4 is 6.09 Å². The second-order valence-corrected chi connectivity index (χ2v) is 4.35. The van der Waals surface area contributed by atoms with Gasteiger partial charge >= 0.3 is 6.09 Å². The number of carbonyl (C=O) groups excluding carboxylic acids is 1. The minimum absolute atomic E-state index is 0.0127. The number of benzene rings is 1. The van der Waals surface area contributed by atoms with Gasteiger partial charge in [-0.05, 0) is 5.56 Å². The van der Waals surface area contributed by atoms with Crippen LogP contribution in [-0.4, -0.2) is 22.0 Å². The summed E-state index contributed by atoms with van der Waals surface area (Å²) in [6, 6.07) is 10.0. The summed E-state index contributed by atoms with van der Waals surface area (Å²) in [7, 11) is 0. The zero-order chi connectivity index (χ0) is 13.2. The minimum Gasteiger partial charge on any atom is -0.470 e. The molecule has 0 bridgehead atoms. The third-order valence-electron chi connectivity index (χ3n) is 2.93. The quantitative estimate of drug-likeness (QED) is 0.902. The lowest BCUT2D eigenvalue weighted by Gasteiger charge is -2.09. The fraction of sp³-hybridized carbons (Fsp3) is 0.231. The van der Waals surface area contributed by atoms with Gasteiger partial charge in [-0.15, -0.1) is 0 Å². The van der Waals surface area contributed by atoms with Crippen LogP contribution in [0.5, 0.6) is 11.6 Å². The Labute approximate surface area is 109 Å². The van der Waals surface area contributed by atoms with Crippen LogP contribution in [0.1, 0.15) is 5.56 Å². The smallest absolute Gasteiger partial charge is 0.410 e. The molecule has 6 nitrogen and oxygen atoms in total. The molecule has 1 aromatic heterocycles. The molecule has 2 N–H and O–H groups in total. The molecule has 0 aliphatic carbocycles. The molecule has 0 saturated carbocycles. The van der Waals surface area contributed by atoms with Crippen LogP contribution in [0.25, 0.3) is 0 Å². The van der Waals surface area contributed by atoms with E-state index in [4.69, 9.17) is 15.2 Å². The maximum Gasteiger partial charge on any atom is 0.410 e. The van der Waals surface area contributed by atoms with Crippen LogP contribution in [0.4, 0.5) is 4.79 Å². The predicted octanol–water partition coefficient (Wildman–Crippen LogP) is 1.34. The lowest BCUT2D eigenvalue weighted by Crippen LogP contribution is -2.19. The Kier molecular flexibility index (Phi) is 2.83. The summed E-state index contributed by atoms with van der Waals surface area (Å²) in [5, 5.41) is 4.10. The van der Waals surface area contributed by atoms with Gasteiger partial charge in [0.2, 0.25) is 5.75 Å². The summed E-state index contributed by atoms with van der Waals surface area (Å²) < 4.78 is 12.2. The maximum atomic E-state index is 10.7. The van der Waals surface area contributed by atoms with E-state index >= 15 is 0 Å². The number of hydrogen-bond donors (Lipinski definition) is 1. The van der Waals surface area contributed by atoms with Crippen LogP contribution >= 0.6 is 0 Å². The fourth-order valence-corrected chi connectivity index (χ4v) is 2.16. The van der Waals surface area contributed by atoms with Gasteiger partial charge in [0.15, 0.2) is 0 Å². The van der Waals surface area contributed by atoms with Crippen LogP contribution in [0.3, 0.4) is 0 Å². The zero-order valence-electron chi connectivity index (χ0n) is 10.2. The Morgan fingerprint density at radius 2 is 2.26 bits per heavy atom. The van der Waals surface area contributed by atoms with E-state index in [-0.39, 0.29) is 11.9 Å². The molecule has 6 heteroatoms. The first-order valence-electron chi connectivity index (χ1n) is 5.96. The molecule has 2 heterocycles. The molecule has 1 amide bonds. The van der Waals surface area contributed by atoms with Crippen LogP contribution in [0.15, 0.2) is 36.5 Å². The van der Waals surface area contributed by atoms with Gasteiger partial charge in [-0.3, -0.25) is 0 Å². The van der Waals surface area contributed by atoms with Crippen LogP contribution in [-0.2, 0) is 13.0 Å². The van der Waals surface area contributed by atoms with Gasteiger partial charge in [0.25, 0.3) is 5.88 Å². The summed E-state index contributed by atoms with van der Waals surface area (Å²) in [5.41, 5.74) is 6.17. The number of nitrogens with two attached hydrogens (primary N) is 1. The molecule has 0 radical (unpaired) electrons. The molecule has 0 fully saturated rings. The molecule has 1 aromatic carbocycles. The number of primary amides is 1. The van der Waals surface area contributed by atoms with Crippen molar-refractivity contribution in [1.82, 2.24) is 9.78 Å². The number of hydrogen-bond acceptors (Lipinski definition) is 4. The van der Waals surface area contributed by atoms with Crippen molar-refractivity contribution in [2.75, 3.05) is 0 Å². The first-order chi connectivity index (χ1) is 9.22. The Hall–Kier alpha value is -2.50. The standard InChI is InChI=1S/C13H13N3O3/c14-13(17)19-11-7-15-16-8-10(18-12(11)16)6-9-4-2-1-3-5-9/h1-5,7,10H,6,8H2,(H2,14,17). The largest absolute Gasteiger partial charge is 0.470 e. The molecule has 0 spiro atoms. The average Bonchev–Trinajstić information content (AvgIpc) is 2.92. The first kappa shape index (κ1) is 11.6. The van der Waals surface area contributed by atoms with Crippen molar-refractivity contribution in [1.29, 1.82) is 0 Å². The molecule has 98 valence electrons. The van der Waals surface area contributed by atoms with E-state index < -0.39 is 6.09 Å². The Balaban J connectivity index is 1.71. The summed E-state index contributed by atoms with van der Waals surface area (Å²) >= 11 is 0. The minimum atomic E-state index is -0.870. The SMILES string of the molecule is NC(=O)Oc1cnn2c1OC(Cc1ccccc1)C2. The first-order valence-corrected chi connectivity index (χ1v) is 5.96. The van der Waals surface area contributed by atoms with E-state index in [1.165, 1.54) is 11.8 Å². The number of aromatic nitrogens is 2. The number of amides is 1. The number of rotatable bonds is 3. The molecule has 3 rings (SSSR count). The normalized spacial score (nSPS) is 16.7. The number of ether oxygens (including phenoxy) is 2. The summed E-state index contributed by atoms with van der Waals surface area (Å²) in [5.74, 6) is 0.725. The lowest BCUT2D eigenvalue weighted by atomic mass is 10.1. The van der Waals surface area contributed by atoms with Crippen LogP contribution < -0.4 is 15.2 Å². The monoisotopic (exact) mass is 259 g/mol. The van der Waals surface area contributed by atoms with Crippen molar-refractivity contribution in [3.63, 3.8) is 0 Å². The highest BCUT2D eigenvalue weighted by Gasteiger charge is 2.28. The molecular weight excluding hydrogens is 246 g/mol. The molecule has 1 unspecified atom stereocenters. The predicted molar refractivity (Wildman–Crippen MR) is 67.0 cm³/mol. The third-order valence-corrected chi connectivity index (χ3v) is 2.93. The van der Waals surface area contributed by atoms with Crippen molar-refractivity contribution < 1.29 is 14.3 Å². The van der Waals surface area contributed by atoms with Crippen molar-refractivity contribution in [2.45, 2.75) is 19.1 Å². The van der Waals surface area contributed by atoms with Crippen molar-refractivity contribution in [3.8, 4) is 11.6 Å². The summed E-state index contributed by atoms with van der Waals surface area (Å²) in [6.45, 7) is 0.631. The molecule has 0 saturated heterocycles. The van der Waals surface area contributed by atoms with Gasteiger partial charge in [0.05, 0.1) is 12.7 Å².